The number of piperazine rings is 1. The summed E-state index contributed by atoms with van der Waals surface area (Å²) >= 11 is 4.88. The van der Waals surface area contributed by atoms with Gasteiger partial charge in [0.2, 0.25) is 0 Å². The van der Waals surface area contributed by atoms with Gasteiger partial charge in [-0.2, -0.15) is 0 Å². The van der Waals surface area contributed by atoms with E-state index in [-0.39, 0.29) is 11.6 Å². The van der Waals surface area contributed by atoms with Gasteiger partial charge in [-0.05, 0) is 18.3 Å². The number of nitro benzene ring substituents is 1. The van der Waals surface area contributed by atoms with Crippen LogP contribution in [0.25, 0.3) is 0 Å². The zero-order chi connectivity index (χ0) is 14.7. The minimum Gasteiger partial charge on any atom is -0.376 e. The molecule has 1 fully saturated rings. The van der Waals surface area contributed by atoms with Crippen molar-refractivity contribution in [1.82, 2.24) is 9.80 Å². The van der Waals surface area contributed by atoms with E-state index in [2.05, 4.69) is 0 Å². The van der Waals surface area contributed by atoms with Crippen LogP contribution in [0.5, 0.6) is 0 Å². The fourth-order valence-corrected chi connectivity index (χ4v) is 2.25. The molecule has 2 rings (SSSR count). The van der Waals surface area contributed by atoms with Gasteiger partial charge in [0.15, 0.2) is 5.11 Å². The number of amides is 1. The zero-order valence-corrected chi connectivity index (χ0v) is 11.5. The quantitative estimate of drug-likeness (QED) is 0.488. The van der Waals surface area contributed by atoms with E-state index in [0.29, 0.717) is 36.9 Å². The highest BCUT2D eigenvalue weighted by molar-refractivity contribution is 7.80. The average Bonchev–Trinajstić information content (AvgIpc) is 2.46. The smallest absolute Gasteiger partial charge is 0.270 e. The van der Waals surface area contributed by atoms with Crippen molar-refractivity contribution in [3.8, 4) is 0 Å². The molecule has 0 saturated carbocycles. The van der Waals surface area contributed by atoms with Crippen LogP contribution < -0.4 is 5.73 Å². The number of nitro groups is 1. The fourth-order valence-electron chi connectivity index (χ4n) is 2.07. The topological polar surface area (TPSA) is 92.7 Å². The van der Waals surface area contributed by atoms with Gasteiger partial charge in [0.25, 0.3) is 11.6 Å². The SMILES string of the molecule is NC(=S)N1CCN(C(=O)c2cccc([N+](=O)[O-])c2)CC1. The molecule has 1 amide bonds. The molecule has 1 heterocycles. The maximum absolute atomic E-state index is 12.3. The van der Waals surface area contributed by atoms with Crippen LogP contribution in [-0.2, 0) is 0 Å². The molecule has 2 N–H and O–H groups in total. The van der Waals surface area contributed by atoms with Gasteiger partial charge in [0, 0.05) is 43.9 Å². The maximum Gasteiger partial charge on any atom is 0.270 e. The summed E-state index contributed by atoms with van der Waals surface area (Å²) in [6.07, 6.45) is 0. The van der Waals surface area contributed by atoms with Crippen LogP contribution in [0, 0.1) is 10.1 Å². The highest BCUT2D eigenvalue weighted by Gasteiger charge is 2.23. The third-order valence-electron chi connectivity index (χ3n) is 3.18. The zero-order valence-electron chi connectivity index (χ0n) is 10.7. The van der Waals surface area contributed by atoms with Gasteiger partial charge < -0.3 is 15.5 Å². The molecule has 1 aromatic carbocycles. The van der Waals surface area contributed by atoms with Gasteiger partial charge in [-0.25, -0.2) is 0 Å². The molecule has 1 aliphatic rings. The van der Waals surface area contributed by atoms with E-state index < -0.39 is 4.92 Å². The lowest BCUT2D eigenvalue weighted by Gasteiger charge is -2.35. The van der Waals surface area contributed by atoms with E-state index in [9.17, 15) is 14.9 Å². The molecular formula is C12H14N4O3S. The predicted octanol–water partition coefficient (Wildman–Crippen LogP) is 0.596. The van der Waals surface area contributed by atoms with E-state index in [4.69, 9.17) is 18.0 Å². The van der Waals surface area contributed by atoms with Crippen molar-refractivity contribution in [1.29, 1.82) is 0 Å². The summed E-state index contributed by atoms with van der Waals surface area (Å²) in [5.74, 6) is -0.212. The molecule has 1 aliphatic heterocycles. The number of nitrogens with zero attached hydrogens (tertiary/aromatic N) is 3. The lowest BCUT2D eigenvalue weighted by atomic mass is 10.1. The van der Waals surface area contributed by atoms with E-state index in [0.717, 1.165) is 0 Å². The van der Waals surface area contributed by atoms with E-state index in [1.54, 1.807) is 11.0 Å². The Morgan fingerprint density at radius 3 is 2.40 bits per heavy atom. The van der Waals surface area contributed by atoms with E-state index in [1.165, 1.54) is 18.2 Å². The Morgan fingerprint density at radius 2 is 1.85 bits per heavy atom. The van der Waals surface area contributed by atoms with Gasteiger partial charge in [0.05, 0.1) is 4.92 Å². The first-order valence-electron chi connectivity index (χ1n) is 6.07. The van der Waals surface area contributed by atoms with Crippen molar-refractivity contribution in [2.45, 2.75) is 0 Å². The standard InChI is InChI=1S/C12H14N4O3S/c13-12(20)15-6-4-14(5-7-15)11(17)9-2-1-3-10(8-9)16(18)19/h1-3,8H,4-7H2,(H2,13,20). The second-order valence-corrected chi connectivity index (χ2v) is 4.84. The van der Waals surface area contributed by atoms with Gasteiger partial charge in [-0.15, -0.1) is 0 Å². The molecule has 106 valence electrons. The highest BCUT2D eigenvalue weighted by atomic mass is 32.1. The molecule has 1 saturated heterocycles. The second-order valence-electron chi connectivity index (χ2n) is 4.42. The Hall–Kier alpha value is -2.22. The lowest BCUT2D eigenvalue weighted by Crippen LogP contribution is -2.52. The molecule has 0 aromatic heterocycles. The van der Waals surface area contributed by atoms with Crippen molar-refractivity contribution in [2.75, 3.05) is 26.2 Å². The third kappa shape index (κ3) is 3.02. The first-order chi connectivity index (χ1) is 9.49. The molecule has 8 heteroatoms. The fraction of sp³-hybridized carbons (Fsp3) is 0.333. The molecule has 20 heavy (non-hydrogen) atoms. The predicted molar refractivity (Wildman–Crippen MR) is 77.4 cm³/mol. The number of non-ortho nitro benzene ring substituents is 1. The minimum absolute atomic E-state index is 0.0855. The van der Waals surface area contributed by atoms with Crippen molar-refractivity contribution < 1.29 is 9.72 Å². The highest BCUT2D eigenvalue weighted by Crippen LogP contribution is 2.15. The average molecular weight is 294 g/mol. The third-order valence-corrected chi connectivity index (χ3v) is 3.44. The van der Waals surface area contributed by atoms with Crippen LogP contribution in [0.15, 0.2) is 24.3 Å². The summed E-state index contributed by atoms with van der Waals surface area (Å²) in [5, 5.41) is 11.0. The number of rotatable bonds is 2. The van der Waals surface area contributed by atoms with Crippen LogP contribution in [0.3, 0.4) is 0 Å². The normalized spacial score (nSPS) is 15.0. The summed E-state index contributed by atoms with van der Waals surface area (Å²) in [6, 6.07) is 5.75. The van der Waals surface area contributed by atoms with Crippen molar-refractivity contribution in [2.24, 2.45) is 5.73 Å². The Bertz CT molecular complexity index is 555. The summed E-state index contributed by atoms with van der Waals surface area (Å²) in [7, 11) is 0. The molecule has 0 unspecified atom stereocenters. The molecule has 7 nitrogen and oxygen atoms in total. The Balaban J connectivity index is 2.07. The van der Waals surface area contributed by atoms with Crippen LogP contribution in [0.1, 0.15) is 10.4 Å². The number of hydrogen-bond donors (Lipinski definition) is 1. The molecule has 0 atom stereocenters. The maximum atomic E-state index is 12.3. The largest absolute Gasteiger partial charge is 0.376 e. The number of benzene rings is 1. The van der Waals surface area contributed by atoms with Crippen LogP contribution >= 0.6 is 12.2 Å². The van der Waals surface area contributed by atoms with Crippen molar-refractivity contribution >= 4 is 28.9 Å². The first kappa shape index (κ1) is 14.2. The number of carbonyl (C=O) groups excluding carboxylic acids is 1. The number of hydrogen-bond acceptors (Lipinski definition) is 4. The van der Waals surface area contributed by atoms with Crippen LogP contribution in [0.2, 0.25) is 0 Å². The Morgan fingerprint density at radius 1 is 1.25 bits per heavy atom. The number of nitrogens with two attached hydrogens (primary N) is 1. The van der Waals surface area contributed by atoms with E-state index in [1.807, 2.05) is 4.90 Å². The van der Waals surface area contributed by atoms with Gasteiger partial charge >= 0.3 is 0 Å². The monoisotopic (exact) mass is 294 g/mol. The van der Waals surface area contributed by atoms with Gasteiger partial charge in [0.1, 0.15) is 0 Å². The lowest BCUT2D eigenvalue weighted by molar-refractivity contribution is -0.384. The molecule has 0 spiro atoms. The molecule has 0 aliphatic carbocycles. The first-order valence-corrected chi connectivity index (χ1v) is 6.48. The number of thiocarbonyl (C=S) groups is 1. The van der Waals surface area contributed by atoms with Gasteiger partial charge in [-0.1, -0.05) is 6.07 Å². The van der Waals surface area contributed by atoms with E-state index >= 15 is 0 Å². The molecule has 0 radical (unpaired) electrons. The Labute approximate surface area is 121 Å². The van der Waals surface area contributed by atoms with Gasteiger partial charge in [-0.3, -0.25) is 14.9 Å². The van der Waals surface area contributed by atoms with Crippen LogP contribution in [-0.4, -0.2) is 51.9 Å². The molecule has 1 aromatic rings. The molecule has 0 bridgehead atoms. The molecular weight excluding hydrogens is 280 g/mol. The van der Waals surface area contributed by atoms with Crippen molar-refractivity contribution in [3.63, 3.8) is 0 Å². The van der Waals surface area contributed by atoms with Crippen molar-refractivity contribution in [3.05, 3.63) is 39.9 Å². The number of carbonyl (C=O) groups is 1. The second kappa shape index (κ2) is 5.83. The summed E-state index contributed by atoms with van der Waals surface area (Å²) in [5.41, 5.74) is 5.77. The summed E-state index contributed by atoms with van der Waals surface area (Å²) in [6.45, 7) is 2.16. The minimum atomic E-state index is -0.512. The summed E-state index contributed by atoms with van der Waals surface area (Å²) in [4.78, 5) is 25.9. The summed E-state index contributed by atoms with van der Waals surface area (Å²) < 4.78 is 0. The van der Waals surface area contributed by atoms with Crippen LogP contribution in [0.4, 0.5) is 5.69 Å². The Kier molecular flexibility index (Phi) is 4.14.